The van der Waals surface area contributed by atoms with Crippen LogP contribution in [0, 0.1) is 18.3 Å². The van der Waals surface area contributed by atoms with Crippen molar-refractivity contribution in [2.75, 3.05) is 13.1 Å². The van der Waals surface area contributed by atoms with Crippen LogP contribution in [0.4, 0.5) is 0 Å². The molecule has 1 aromatic heterocycles. The smallest absolute Gasteiger partial charge is 0.257 e. The molecule has 1 aliphatic carbocycles. The normalized spacial score (nSPS) is 14.8. The molecule has 0 N–H and O–H groups in total. The van der Waals surface area contributed by atoms with Crippen LogP contribution in [-0.2, 0) is 0 Å². The molecule has 2 rings (SSSR count). The molecule has 0 unspecified atom stereocenters. The van der Waals surface area contributed by atoms with Gasteiger partial charge in [0.2, 0.25) is 0 Å². The van der Waals surface area contributed by atoms with Crippen molar-refractivity contribution in [3.05, 3.63) is 17.5 Å². The molecule has 0 aromatic carbocycles. The summed E-state index contributed by atoms with van der Waals surface area (Å²) in [4.78, 5) is 14.1. The molecule has 1 amide bonds. The van der Waals surface area contributed by atoms with Crippen LogP contribution >= 0.6 is 0 Å². The lowest BCUT2D eigenvalue weighted by atomic mass is 9.93. The largest absolute Gasteiger partial charge is 0.338 e. The van der Waals surface area contributed by atoms with Gasteiger partial charge in [0.1, 0.15) is 0 Å². The second kappa shape index (κ2) is 5.87. The van der Waals surface area contributed by atoms with Crippen LogP contribution < -0.4 is 0 Å². The number of hydrogen-bond acceptors (Lipinski definition) is 3. The van der Waals surface area contributed by atoms with Crippen molar-refractivity contribution in [3.8, 4) is 6.07 Å². The summed E-state index contributed by atoms with van der Waals surface area (Å²) in [6.45, 7) is 4.99. The Morgan fingerprint density at radius 3 is 2.89 bits per heavy atom. The van der Waals surface area contributed by atoms with E-state index in [1.165, 1.54) is 6.42 Å². The lowest BCUT2D eigenvalue weighted by molar-refractivity contribution is 0.0766. The van der Waals surface area contributed by atoms with Crippen LogP contribution in [0.3, 0.4) is 0 Å². The maximum absolute atomic E-state index is 12.4. The van der Waals surface area contributed by atoms with E-state index < -0.39 is 0 Å². The summed E-state index contributed by atoms with van der Waals surface area (Å²) < 4.78 is 1.98. The molecule has 0 aliphatic heterocycles. The highest BCUT2D eigenvalue weighted by atomic mass is 16.2. The van der Waals surface area contributed by atoms with Gasteiger partial charge >= 0.3 is 0 Å². The number of carbonyl (C=O) groups excluding carboxylic acids is 1. The van der Waals surface area contributed by atoms with Crippen molar-refractivity contribution in [1.29, 1.82) is 5.26 Å². The van der Waals surface area contributed by atoms with Crippen molar-refractivity contribution in [2.45, 2.75) is 45.6 Å². The van der Waals surface area contributed by atoms with E-state index in [0.717, 1.165) is 18.5 Å². The average molecular weight is 260 g/mol. The van der Waals surface area contributed by atoms with Gasteiger partial charge in [-0.2, -0.15) is 10.4 Å². The van der Waals surface area contributed by atoms with Gasteiger partial charge in [-0.15, -0.1) is 0 Å². The molecular formula is C14H20N4O. The van der Waals surface area contributed by atoms with Crippen molar-refractivity contribution in [1.82, 2.24) is 14.7 Å². The third-order valence-corrected chi connectivity index (χ3v) is 3.86. The van der Waals surface area contributed by atoms with Crippen LogP contribution in [0.1, 0.15) is 54.7 Å². The van der Waals surface area contributed by atoms with E-state index in [1.54, 1.807) is 11.1 Å². The Morgan fingerprint density at radius 2 is 2.37 bits per heavy atom. The average Bonchev–Trinajstić information content (AvgIpc) is 2.70. The van der Waals surface area contributed by atoms with Crippen LogP contribution in [0.5, 0.6) is 0 Å². The van der Waals surface area contributed by atoms with Gasteiger partial charge < -0.3 is 4.90 Å². The zero-order chi connectivity index (χ0) is 13.8. The molecule has 0 saturated heterocycles. The van der Waals surface area contributed by atoms with Crippen molar-refractivity contribution in [3.63, 3.8) is 0 Å². The van der Waals surface area contributed by atoms with E-state index in [1.807, 2.05) is 18.5 Å². The molecule has 5 heteroatoms. The number of aromatic nitrogens is 2. The minimum Gasteiger partial charge on any atom is -0.338 e. The molecule has 1 saturated carbocycles. The van der Waals surface area contributed by atoms with Crippen LogP contribution in [0.2, 0.25) is 0 Å². The first-order valence-corrected chi connectivity index (χ1v) is 6.89. The van der Waals surface area contributed by atoms with E-state index in [2.05, 4.69) is 11.2 Å². The van der Waals surface area contributed by atoms with Crippen LogP contribution in [0.15, 0.2) is 6.20 Å². The van der Waals surface area contributed by atoms with Gasteiger partial charge in [-0.05, 0) is 33.1 Å². The molecule has 0 bridgehead atoms. The zero-order valence-electron chi connectivity index (χ0n) is 11.6. The highest BCUT2D eigenvalue weighted by Gasteiger charge is 2.25. The van der Waals surface area contributed by atoms with E-state index in [-0.39, 0.29) is 5.91 Å². The molecular weight excluding hydrogens is 240 g/mol. The van der Waals surface area contributed by atoms with E-state index in [4.69, 9.17) is 5.26 Å². The SMILES string of the molecule is CCN(CCC#N)C(=O)c1cnn(C2CCC2)c1C. The van der Waals surface area contributed by atoms with E-state index in [9.17, 15) is 4.79 Å². The summed E-state index contributed by atoms with van der Waals surface area (Å²) in [5.41, 5.74) is 1.62. The van der Waals surface area contributed by atoms with E-state index >= 15 is 0 Å². The number of nitrogens with zero attached hydrogens (tertiary/aromatic N) is 4. The monoisotopic (exact) mass is 260 g/mol. The first-order chi connectivity index (χ1) is 9.19. The first kappa shape index (κ1) is 13.6. The van der Waals surface area contributed by atoms with Gasteiger partial charge in [-0.1, -0.05) is 0 Å². The van der Waals surface area contributed by atoms with Gasteiger partial charge in [-0.3, -0.25) is 9.48 Å². The van der Waals surface area contributed by atoms with Gasteiger partial charge in [-0.25, -0.2) is 0 Å². The second-order valence-corrected chi connectivity index (χ2v) is 4.97. The number of rotatable bonds is 5. The lowest BCUT2D eigenvalue weighted by Crippen LogP contribution is -2.32. The molecule has 0 radical (unpaired) electrons. The topological polar surface area (TPSA) is 61.9 Å². The molecule has 1 aliphatic rings. The highest BCUT2D eigenvalue weighted by molar-refractivity contribution is 5.95. The van der Waals surface area contributed by atoms with Crippen LogP contribution in [-0.4, -0.2) is 33.7 Å². The quantitative estimate of drug-likeness (QED) is 0.816. The molecule has 1 heterocycles. The van der Waals surface area contributed by atoms with Crippen molar-refractivity contribution < 1.29 is 4.79 Å². The Hall–Kier alpha value is -1.83. The number of nitriles is 1. The van der Waals surface area contributed by atoms with Gasteiger partial charge in [0.05, 0.1) is 30.3 Å². The van der Waals surface area contributed by atoms with Gasteiger partial charge in [0, 0.05) is 18.8 Å². The molecule has 19 heavy (non-hydrogen) atoms. The third-order valence-electron chi connectivity index (χ3n) is 3.86. The molecule has 102 valence electrons. The standard InChI is InChI=1S/C14H20N4O/c1-3-17(9-5-8-15)14(19)13-10-16-18(11(13)2)12-6-4-7-12/h10,12H,3-7,9H2,1-2H3. The Kier molecular flexibility index (Phi) is 4.20. The number of hydrogen-bond donors (Lipinski definition) is 0. The first-order valence-electron chi connectivity index (χ1n) is 6.89. The number of carbonyl (C=O) groups is 1. The van der Waals surface area contributed by atoms with Crippen molar-refractivity contribution >= 4 is 5.91 Å². The highest BCUT2D eigenvalue weighted by Crippen LogP contribution is 2.32. The Labute approximate surface area is 113 Å². The fourth-order valence-corrected chi connectivity index (χ4v) is 2.39. The van der Waals surface area contributed by atoms with Crippen LogP contribution in [0.25, 0.3) is 0 Å². The minimum absolute atomic E-state index is 0.0131. The molecule has 1 aromatic rings. The Morgan fingerprint density at radius 1 is 1.63 bits per heavy atom. The summed E-state index contributed by atoms with van der Waals surface area (Å²) in [5, 5.41) is 13.0. The number of amides is 1. The van der Waals surface area contributed by atoms with Crippen molar-refractivity contribution in [2.24, 2.45) is 0 Å². The molecule has 5 nitrogen and oxygen atoms in total. The summed E-state index contributed by atoms with van der Waals surface area (Å²) in [5.74, 6) is -0.0131. The Bertz CT molecular complexity index is 496. The predicted molar refractivity (Wildman–Crippen MR) is 71.7 cm³/mol. The summed E-state index contributed by atoms with van der Waals surface area (Å²) >= 11 is 0. The van der Waals surface area contributed by atoms with Gasteiger partial charge in [0.15, 0.2) is 0 Å². The molecule has 0 atom stereocenters. The summed E-state index contributed by atoms with van der Waals surface area (Å²) in [7, 11) is 0. The van der Waals surface area contributed by atoms with E-state index in [0.29, 0.717) is 31.1 Å². The fourth-order valence-electron chi connectivity index (χ4n) is 2.39. The second-order valence-electron chi connectivity index (χ2n) is 4.97. The maximum atomic E-state index is 12.4. The predicted octanol–water partition coefficient (Wildman–Crippen LogP) is 2.29. The summed E-state index contributed by atoms with van der Waals surface area (Å²) in [6.07, 6.45) is 5.60. The third kappa shape index (κ3) is 2.62. The minimum atomic E-state index is -0.0131. The lowest BCUT2D eigenvalue weighted by Gasteiger charge is -2.27. The molecule has 0 spiro atoms. The maximum Gasteiger partial charge on any atom is 0.257 e. The Balaban J connectivity index is 2.14. The molecule has 1 fully saturated rings. The fraction of sp³-hybridized carbons (Fsp3) is 0.643. The zero-order valence-corrected chi connectivity index (χ0v) is 11.6. The van der Waals surface area contributed by atoms with Gasteiger partial charge in [0.25, 0.3) is 5.91 Å². The summed E-state index contributed by atoms with van der Waals surface area (Å²) in [6, 6.07) is 2.55.